The fourth-order valence-corrected chi connectivity index (χ4v) is 2.01. The van der Waals surface area contributed by atoms with Gasteiger partial charge in [-0.1, -0.05) is 35.8 Å². The summed E-state index contributed by atoms with van der Waals surface area (Å²) in [4.78, 5) is 22.7. The Balaban J connectivity index is 2.47. The minimum atomic E-state index is -1.03. The van der Waals surface area contributed by atoms with Crippen molar-refractivity contribution in [2.45, 2.75) is 26.3 Å². The smallest absolute Gasteiger partial charge is 0.326 e. The Kier molecular flexibility index (Phi) is 6.51. The molecule has 20 heavy (non-hydrogen) atoms. The number of nitrogens with one attached hydrogen (secondary N) is 1. The first-order valence-corrected chi connectivity index (χ1v) is 7.08. The number of hydrogen-bond donors (Lipinski definition) is 2. The van der Waals surface area contributed by atoms with Crippen LogP contribution in [0.2, 0.25) is 0 Å². The summed E-state index contributed by atoms with van der Waals surface area (Å²) in [6.07, 6.45) is 0.387. The molecule has 1 amide bonds. The monoisotopic (exact) mass is 343 g/mol. The lowest BCUT2D eigenvalue weighted by molar-refractivity contribution is -0.142. The Labute approximate surface area is 126 Å². The van der Waals surface area contributed by atoms with Crippen molar-refractivity contribution in [3.8, 4) is 5.75 Å². The Bertz CT molecular complexity index is 476. The number of rotatable bonds is 7. The average Bonchev–Trinajstić information content (AvgIpc) is 2.35. The summed E-state index contributed by atoms with van der Waals surface area (Å²) in [6.45, 7) is 3.60. The van der Waals surface area contributed by atoms with Crippen LogP contribution in [0.15, 0.2) is 28.7 Å². The second-order valence-corrected chi connectivity index (χ2v) is 5.75. The lowest BCUT2D eigenvalue weighted by Gasteiger charge is -2.16. The molecule has 0 heterocycles. The highest BCUT2D eigenvalue weighted by Gasteiger charge is 2.21. The zero-order valence-electron chi connectivity index (χ0n) is 11.4. The zero-order chi connectivity index (χ0) is 15.1. The number of carbonyl (C=O) groups is 2. The van der Waals surface area contributed by atoms with Gasteiger partial charge in [0.2, 0.25) is 0 Å². The van der Waals surface area contributed by atoms with Gasteiger partial charge >= 0.3 is 5.97 Å². The molecular weight excluding hydrogens is 326 g/mol. The SMILES string of the molecule is CC(C)CC(NC(=O)COc1cccc(Br)c1)C(=O)O. The molecule has 1 aromatic rings. The molecule has 1 rings (SSSR count). The molecule has 2 N–H and O–H groups in total. The third kappa shape index (κ3) is 6.06. The first-order valence-electron chi connectivity index (χ1n) is 6.29. The summed E-state index contributed by atoms with van der Waals surface area (Å²) in [7, 11) is 0. The van der Waals surface area contributed by atoms with Crippen molar-refractivity contribution in [3.63, 3.8) is 0 Å². The fourth-order valence-electron chi connectivity index (χ4n) is 1.63. The Morgan fingerprint density at radius 1 is 1.40 bits per heavy atom. The van der Waals surface area contributed by atoms with Gasteiger partial charge in [-0.3, -0.25) is 4.79 Å². The maximum Gasteiger partial charge on any atom is 0.326 e. The summed E-state index contributed by atoms with van der Waals surface area (Å²) in [5.41, 5.74) is 0. The molecule has 0 spiro atoms. The molecular formula is C14H18BrNO4. The van der Waals surface area contributed by atoms with Gasteiger partial charge in [0.15, 0.2) is 6.61 Å². The number of hydrogen-bond acceptors (Lipinski definition) is 3. The van der Waals surface area contributed by atoms with E-state index < -0.39 is 17.9 Å². The molecule has 0 fully saturated rings. The van der Waals surface area contributed by atoms with E-state index in [-0.39, 0.29) is 12.5 Å². The third-order valence-corrected chi connectivity index (χ3v) is 3.00. The maximum absolute atomic E-state index is 11.7. The predicted octanol–water partition coefficient (Wildman–Crippen LogP) is 2.44. The van der Waals surface area contributed by atoms with E-state index in [2.05, 4.69) is 21.2 Å². The highest BCUT2D eigenvalue weighted by molar-refractivity contribution is 9.10. The van der Waals surface area contributed by atoms with Crippen LogP contribution in [0, 0.1) is 5.92 Å². The summed E-state index contributed by atoms with van der Waals surface area (Å²) >= 11 is 3.30. The average molecular weight is 344 g/mol. The van der Waals surface area contributed by atoms with Crippen molar-refractivity contribution in [2.24, 2.45) is 5.92 Å². The lowest BCUT2D eigenvalue weighted by atomic mass is 10.0. The van der Waals surface area contributed by atoms with Crippen LogP contribution in [-0.4, -0.2) is 29.6 Å². The van der Waals surface area contributed by atoms with Crippen LogP contribution in [-0.2, 0) is 9.59 Å². The van der Waals surface area contributed by atoms with Gasteiger partial charge in [-0.05, 0) is 30.5 Å². The van der Waals surface area contributed by atoms with Crippen LogP contribution in [0.4, 0.5) is 0 Å². The predicted molar refractivity (Wildman–Crippen MR) is 78.7 cm³/mol. The maximum atomic E-state index is 11.7. The van der Waals surface area contributed by atoms with Crippen molar-refractivity contribution >= 4 is 27.8 Å². The number of amides is 1. The van der Waals surface area contributed by atoms with E-state index in [1.165, 1.54) is 0 Å². The van der Waals surface area contributed by atoms with Crippen molar-refractivity contribution in [1.29, 1.82) is 0 Å². The van der Waals surface area contributed by atoms with E-state index in [4.69, 9.17) is 9.84 Å². The molecule has 110 valence electrons. The van der Waals surface area contributed by atoms with E-state index in [1.54, 1.807) is 18.2 Å². The van der Waals surface area contributed by atoms with Crippen LogP contribution in [0.1, 0.15) is 20.3 Å². The van der Waals surface area contributed by atoms with Gasteiger partial charge in [0.1, 0.15) is 11.8 Å². The van der Waals surface area contributed by atoms with Gasteiger partial charge in [-0.25, -0.2) is 4.79 Å². The minimum Gasteiger partial charge on any atom is -0.484 e. The number of carbonyl (C=O) groups excluding carboxylic acids is 1. The van der Waals surface area contributed by atoms with E-state index in [1.807, 2.05) is 19.9 Å². The summed E-state index contributed by atoms with van der Waals surface area (Å²) in [5.74, 6) is -0.750. The number of benzene rings is 1. The molecule has 0 aromatic heterocycles. The van der Waals surface area contributed by atoms with E-state index in [0.29, 0.717) is 12.2 Å². The standard InChI is InChI=1S/C14H18BrNO4/c1-9(2)6-12(14(18)19)16-13(17)8-20-11-5-3-4-10(15)7-11/h3-5,7,9,12H,6,8H2,1-2H3,(H,16,17)(H,18,19). The van der Waals surface area contributed by atoms with Gasteiger partial charge in [0.05, 0.1) is 0 Å². The van der Waals surface area contributed by atoms with Crippen LogP contribution in [0.3, 0.4) is 0 Å². The quantitative estimate of drug-likeness (QED) is 0.797. The number of halogens is 1. The van der Waals surface area contributed by atoms with Gasteiger partial charge in [0.25, 0.3) is 5.91 Å². The van der Waals surface area contributed by atoms with Crippen LogP contribution in [0.25, 0.3) is 0 Å². The Morgan fingerprint density at radius 2 is 2.10 bits per heavy atom. The molecule has 0 aliphatic rings. The molecule has 1 aromatic carbocycles. The van der Waals surface area contributed by atoms with Gasteiger partial charge in [-0.2, -0.15) is 0 Å². The molecule has 0 aliphatic carbocycles. The summed E-state index contributed by atoms with van der Waals surface area (Å²) in [5, 5.41) is 11.5. The second-order valence-electron chi connectivity index (χ2n) is 4.83. The fraction of sp³-hybridized carbons (Fsp3) is 0.429. The van der Waals surface area contributed by atoms with Gasteiger partial charge in [-0.15, -0.1) is 0 Å². The third-order valence-electron chi connectivity index (χ3n) is 2.51. The lowest BCUT2D eigenvalue weighted by Crippen LogP contribution is -2.43. The topological polar surface area (TPSA) is 75.6 Å². The summed E-state index contributed by atoms with van der Waals surface area (Å²) < 4.78 is 6.15. The first-order chi connectivity index (χ1) is 9.38. The van der Waals surface area contributed by atoms with Crippen molar-refractivity contribution in [2.75, 3.05) is 6.61 Å². The molecule has 0 saturated heterocycles. The van der Waals surface area contributed by atoms with Crippen molar-refractivity contribution in [3.05, 3.63) is 28.7 Å². The van der Waals surface area contributed by atoms with Crippen LogP contribution < -0.4 is 10.1 Å². The van der Waals surface area contributed by atoms with Crippen molar-refractivity contribution < 1.29 is 19.4 Å². The largest absolute Gasteiger partial charge is 0.484 e. The second kappa shape index (κ2) is 7.89. The zero-order valence-corrected chi connectivity index (χ0v) is 13.0. The highest BCUT2D eigenvalue weighted by atomic mass is 79.9. The number of carboxylic acids is 1. The molecule has 0 saturated carbocycles. The molecule has 0 radical (unpaired) electrons. The molecule has 1 atom stereocenters. The molecule has 1 unspecified atom stereocenters. The Hall–Kier alpha value is -1.56. The van der Waals surface area contributed by atoms with Crippen LogP contribution >= 0.6 is 15.9 Å². The normalized spacial score (nSPS) is 12.0. The molecule has 0 aliphatic heterocycles. The van der Waals surface area contributed by atoms with Crippen molar-refractivity contribution in [1.82, 2.24) is 5.32 Å². The number of aliphatic carboxylic acids is 1. The molecule has 5 nitrogen and oxygen atoms in total. The van der Waals surface area contributed by atoms with E-state index >= 15 is 0 Å². The molecule has 6 heteroatoms. The Morgan fingerprint density at radius 3 is 2.65 bits per heavy atom. The van der Waals surface area contributed by atoms with E-state index in [0.717, 1.165) is 4.47 Å². The highest BCUT2D eigenvalue weighted by Crippen LogP contribution is 2.17. The first kappa shape index (κ1) is 16.5. The van der Waals surface area contributed by atoms with E-state index in [9.17, 15) is 9.59 Å². The summed E-state index contributed by atoms with van der Waals surface area (Å²) in [6, 6.07) is 6.21. The minimum absolute atomic E-state index is 0.183. The number of carboxylic acid groups (broad SMARTS) is 1. The van der Waals surface area contributed by atoms with Gasteiger partial charge < -0.3 is 15.2 Å². The van der Waals surface area contributed by atoms with Gasteiger partial charge in [0, 0.05) is 4.47 Å². The van der Waals surface area contributed by atoms with Crippen LogP contribution in [0.5, 0.6) is 5.75 Å². The molecule has 0 bridgehead atoms. The number of ether oxygens (including phenoxy) is 1.